The summed E-state index contributed by atoms with van der Waals surface area (Å²) >= 11 is 0. The van der Waals surface area contributed by atoms with Gasteiger partial charge in [-0.15, -0.1) is 0 Å². The lowest BCUT2D eigenvalue weighted by Gasteiger charge is -2.26. The Bertz CT molecular complexity index is 272. The van der Waals surface area contributed by atoms with Gasteiger partial charge in [-0.2, -0.15) is 0 Å². The van der Waals surface area contributed by atoms with Gasteiger partial charge in [0.2, 0.25) is 5.91 Å². The first kappa shape index (κ1) is 11.9. The molecule has 1 saturated heterocycles. The Labute approximate surface area is 88.5 Å². The minimum atomic E-state index is -0.647. The van der Waals surface area contributed by atoms with Gasteiger partial charge in [-0.05, 0) is 5.41 Å². The summed E-state index contributed by atoms with van der Waals surface area (Å²) in [7, 11) is 0. The predicted molar refractivity (Wildman–Crippen MR) is 53.5 cm³/mol. The van der Waals surface area contributed by atoms with Crippen LogP contribution in [0.1, 0.15) is 20.8 Å². The van der Waals surface area contributed by atoms with Gasteiger partial charge in [-0.3, -0.25) is 14.4 Å². The highest BCUT2D eigenvalue weighted by Gasteiger charge is 2.32. The van der Waals surface area contributed by atoms with Gasteiger partial charge in [0.05, 0.1) is 6.04 Å². The van der Waals surface area contributed by atoms with Gasteiger partial charge in [0.25, 0.3) is 5.91 Å². The number of amides is 2. The van der Waals surface area contributed by atoms with E-state index in [1.54, 1.807) is 0 Å². The van der Waals surface area contributed by atoms with E-state index < -0.39 is 12.1 Å². The van der Waals surface area contributed by atoms with Crippen molar-refractivity contribution in [3.63, 3.8) is 0 Å². The van der Waals surface area contributed by atoms with Crippen molar-refractivity contribution in [1.29, 1.82) is 0 Å². The van der Waals surface area contributed by atoms with E-state index >= 15 is 0 Å². The van der Waals surface area contributed by atoms with Gasteiger partial charge < -0.3 is 11.1 Å². The van der Waals surface area contributed by atoms with Crippen molar-refractivity contribution in [3.05, 3.63) is 0 Å². The maximum atomic E-state index is 11.6. The molecule has 0 bridgehead atoms. The number of nitrogens with two attached hydrogens (primary N) is 1. The van der Waals surface area contributed by atoms with Crippen LogP contribution in [0.4, 0.5) is 0 Å². The number of hydroxylamine groups is 1. The van der Waals surface area contributed by atoms with Crippen LogP contribution in [-0.2, 0) is 14.4 Å². The SMILES string of the molecule is CC(C)(C)C(N)C(=O)N[C@@H]1CONC1=O. The van der Waals surface area contributed by atoms with E-state index in [9.17, 15) is 9.59 Å². The summed E-state index contributed by atoms with van der Waals surface area (Å²) in [6, 6.07) is -1.28. The number of nitrogens with one attached hydrogen (secondary N) is 2. The Morgan fingerprint density at radius 1 is 1.67 bits per heavy atom. The Morgan fingerprint density at radius 2 is 2.27 bits per heavy atom. The second-order valence-corrected chi connectivity index (χ2v) is 4.68. The molecule has 15 heavy (non-hydrogen) atoms. The molecule has 1 fully saturated rings. The normalized spacial score (nSPS) is 23.5. The molecule has 0 aliphatic carbocycles. The molecule has 2 atom stereocenters. The van der Waals surface area contributed by atoms with Crippen molar-refractivity contribution in [1.82, 2.24) is 10.8 Å². The Balaban J connectivity index is 2.52. The summed E-state index contributed by atoms with van der Waals surface area (Å²) in [5.41, 5.74) is 7.56. The van der Waals surface area contributed by atoms with Crippen LogP contribution in [0.3, 0.4) is 0 Å². The first-order valence-corrected chi connectivity index (χ1v) is 4.80. The maximum Gasteiger partial charge on any atom is 0.268 e. The molecule has 0 spiro atoms. The van der Waals surface area contributed by atoms with Crippen LogP contribution in [0.15, 0.2) is 0 Å². The first-order chi connectivity index (χ1) is 6.82. The third-order valence-electron chi connectivity index (χ3n) is 2.27. The molecule has 1 rings (SSSR count). The van der Waals surface area contributed by atoms with Gasteiger partial charge in [0.15, 0.2) is 0 Å². The molecule has 0 aromatic heterocycles. The molecule has 6 nitrogen and oxygen atoms in total. The number of rotatable bonds is 2. The molecule has 1 aliphatic rings. The summed E-state index contributed by atoms with van der Waals surface area (Å²) in [6.07, 6.45) is 0. The smallest absolute Gasteiger partial charge is 0.268 e. The average molecular weight is 215 g/mol. The van der Waals surface area contributed by atoms with Gasteiger partial charge in [0, 0.05) is 0 Å². The lowest BCUT2D eigenvalue weighted by molar-refractivity contribution is -0.130. The highest BCUT2D eigenvalue weighted by Crippen LogP contribution is 2.17. The molecule has 6 heteroatoms. The number of carbonyl (C=O) groups excluding carboxylic acids is 2. The van der Waals surface area contributed by atoms with Crippen LogP contribution in [0.2, 0.25) is 0 Å². The van der Waals surface area contributed by atoms with Crippen LogP contribution < -0.4 is 16.5 Å². The van der Waals surface area contributed by atoms with Crippen molar-refractivity contribution < 1.29 is 14.4 Å². The highest BCUT2D eigenvalue weighted by atomic mass is 16.7. The number of hydrogen-bond donors (Lipinski definition) is 3. The van der Waals surface area contributed by atoms with Gasteiger partial charge in [0.1, 0.15) is 12.6 Å². The molecule has 0 saturated carbocycles. The molecule has 1 heterocycles. The maximum absolute atomic E-state index is 11.6. The molecule has 0 aromatic carbocycles. The molecule has 1 aliphatic heterocycles. The standard InChI is InChI=1S/C9H17N3O3/c1-9(2,3)6(10)8(14)11-5-4-15-12-7(5)13/h5-6H,4,10H2,1-3H3,(H,11,14)(H,12,13)/t5-,6?/m1/s1. The zero-order valence-electron chi connectivity index (χ0n) is 9.16. The van der Waals surface area contributed by atoms with Crippen molar-refractivity contribution in [2.24, 2.45) is 11.1 Å². The van der Waals surface area contributed by atoms with Crippen LogP contribution in [-0.4, -0.2) is 30.5 Å². The van der Waals surface area contributed by atoms with E-state index in [2.05, 4.69) is 15.6 Å². The summed E-state index contributed by atoms with van der Waals surface area (Å²) in [6.45, 7) is 5.73. The quantitative estimate of drug-likeness (QED) is 0.545. The minimum Gasteiger partial charge on any atom is -0.341 e. The fourth-order valence-electron chi connectivity index (χ4n) is 1.10. The molecule has 0 aromatic rings. The molecular weight excluding hydrogens is 198 g/mol. The number of carbonyl (C=O) groups is 2. The Kier molecular flexibility index (Phi) is 3.31. The second-order valence-electron chi connectivity index (χ2n) is 4.68. The topological polar surface area (TPSA) is 93.5 Å². The van der Waals surface area contributed by atoms with E-state index in [0.717, 1.165) is 0 Å². The van der Waals surface area contributed by atoms with Crippen molar-refractivity contribution >= 4 is 11.8 Å². The number of hydrogen-bond acceptors (Lipinski definition) is 4. The summed E-state index contributed by atoms with van der Waals surface area (Å²) in [5, 5.41) is 2.53. The van der Waals surface area contributed by atoms with Crippen molar-refractivity contribution in [3.8, 4) is 0 Å². The van der Waals surface area contributed by atoms with Crippen molar-refractivity contribution in [2.75, 3.05) is 6.61 Å². The Hall–Kier alpha value is -1.14. The summed E-state index contributed by atoms with van der Waals surface area (Å²) in [5.74, 6) is -0.683. The lowest BCUT2D eigenvalue weighted by Crippen LogP contribution is -2.53. The van der Waals surface area contributed by atoms with E-state index in [0.29, 0.717) is 0 Å². The van der Waals surface area contributed by atoms with E-state index in [1.165, 1.54) is 0 Å². The van der Waals surface area contributed by atoms with Crippen LogP contribution in [0.5, 0.6) is 0 Å². The van der Waals surface area contributed by atoms with Crippen LogP contribution in [0.25, 0.3) is 0 Å². The van der Waals surface area contributed by atoms with Gasteiger partial charge in [-0.1, -0.05) is 20.8 Å². The fourth-order valence-corrected chi connectivity index (χ4v) is 1.10. The van der Waals surface area contributed by atoms with E-state index in [1.807, 2.05) is 20.8 Å². The molecule has 2 amide bonds. The van der Waals surface area contributed by atoms with Gasteiger partial charge >= 0.3 is 0 Å². The fraction of sp³-hybridized carbons (Fsp3) is 0.778. The van der Waals surface area contributed by atoms with Gasteiger partial charge in [-0.25, -0.2) is 5.48 Å². The highest BCUT2D eigenvalue weighted by molar-refractivity contribution is 5.90. The van der Waals surface area contributed by atoms with Crippen LogP contribution >= 0.6 is 0 Å². The molecular formula is C9H17N3O3. The molecule has 1 unspecified atom stereocenters. The summed E-state index contributed by atoms with van der Waals surface area (Å²) in [4.78, 5) is 27.4. The zero-order chi connectivity index (χ0) is 11.6. The van der Waals surface area contributed by atoms with Crippen LogP contribution in [0, 0.1) is 5.41 Å². The minimum absolute atomic E-state index is 0.140. The monoisotopic (exact) mass is 215 g/mol. The zero-order valence-corrected chi connectivity index (χ0v) is 9.16. The largest absolute Gasteiger partial charge is 0.341 e. The average Bonchev–Trinajstić information content (AvgIpc) is 2.49. The third kappa shape index (κ3) is 2.90. The molecule has 86 valence electrons. The Morgan fingerprint density at radius 3 is 2.67 bits per heavy atom. The van der Waals surface area contributed by atoms with Crippen molar-refractivity contribution in [2.45, 2.75) is 32.9 Å². The molecule has 0 radical (unpaired) electrons. The lowest BCUT2D eigenvalue weighted by atomic mass is 9.87. The van der Waals surface area contributed by atoms with E-state index in [4.69, 9.17) is 5.73 Å². The predicted octanol–water partition coefficient (Wildman–Crippen LogP) is -1.09. The third-order valence-corrected chi connectivity index (χ3v) is 2.27. The summed E-state index contributed by atoms with van der Waals surface area (Å²) < 4.78 is 0. The molecule has 4 N–H and O–H groups in total. The first-order valence-electron chi connectivity index (χ1n) is 4.80. The second kappa shape index (κ2) is 4.16. The van der Waals surface area contributed by atoms with E-state index in [-0.39, 0.29) is 23.8 Å².